The molecule has 6 heteroatoms. The molecule has 1 aromatic carbocycles. The third kappa shape index (κ3) is 3.79. The quantitative estimate of drug-likeness (QED) is 0.824. The summed E-state index contributed by atoms with van der Waals surface area (Å²) >= 11 is 0. The number of aliphatic hydroxyl groups excluding tert-OH is 1. The number of hydrogen-bond donors (Lipinski definition) is 1. The highest BCUT2D eigenvalue weighted by Crippen LogP contribution is 2.19. The number of ether oxygens (including phenoxy) is 1. The van der Waals surface area contributed by atoms with Crippen LogP contribution in [0.2, 0.25) is 0 Å². The number of nitrogens with zero attached hydrogens (tertiary/aromatic N) is 3. The molecular formula is C14H19N3O3. The largest absolute Gasteiger partial charge is 0.496 e. The van der Waals surface area contributed by atoms with Gasteiger partial charge in [-0.25, -0.2) is 0 Å². The Morgan fingerprint density at radius 1 is 1.30 bits per heavy atom. The fourth-order valence-corrected chi connectivity index (χ4v) is 2.04. The van der Waals surface area contributed by atoms with Crippen molar-refractivity contribution in [2.75, 3.05) is 20.3 Å². The number of hydrogen-bond acceptors (Lipinski definition) is 6. The van der Waals surface area contributed by atoms with E-state index in [1.54, 1.807) is 14.0 Å². The first-order valence-corrected chi connectivity index (χ1v) is 6.47. The predicted octanol–water partition coefficient (Wildman–Crippen LogP) is 1.38. The number of methoxy groups -OCH3 is 1. The fourth-order valence-electron chi connectivity index (χ4n) is 2.04. The lowest BCUT2D eigenvalue weighted by atomic mass is 10.2. The van der Waals surface area contributed by atoms with Crippen molar-refractivity contribution in [3.05, 3.63) is 41.5 Å². The van der Waals surface area contributed by atoms with Gasteiger partial charge in [-0.05, 0) is 6.07 Å². The number of aromatic nitrogens is 2. The van der Waals surface area contributed by atoms with Crippen LogP contribution in [0.15, 0.2) is 28.8 Å². The molecule has 1 N–H and O–H groups in total. The van der Waals surface area contributed by atoms with Gasteiger partial charge in [-0.15, -0.1) is 0 Å². The van der Waals surface area contributed by atoms with Crippen LogP contribution in [0.1, 0.15) is 17.3 Å². The first-order chi connectivity index (χ1) is 9.72. The van der Waals surface area contributed by atoms with E-state index in [4.69, 9.17) is 9.26 Å². The smallest absolute Gasteiger partial charge is 0.223 e. The molecule has 0 aliphatic carbocycles. The van der Waals surface area contributed by atoms with Crippen LogP contribution in [0, 0.1) is 6.92 Å². The second-order valence-corrected chi connectivity index (χ2v) is 4.48. The van der Waals surface area contributed by atoms with Gasteiger partial charge in [0, 0.05) is 25.6 Å². The standard InChI is InChI=1S/C14H19N3O3/c1-11-15-14(16-20-11)10-17(7-8-18)9-12-5-3-4-6-13(12)19-2/h3-6,18H,7-10H2,1-2H3. The molecule has 0 saturated heterocycles. The second-order valence-electron chi connectivity index (χ2n) is 4.48. The Bertz CT molecular complexity index is 542. The summed E-state index contributed by atoms with van der Waals surface area (Å²) in [6.07, 6.45) is 0. The Labute approximate surface area is 118 Å². The van der Waals surface area contributed by atoms with Crippen LogP contribution in [0.3, 0.4) is 0 Å². The summed E-state index contributed by atoms with van der Waals surface area (Å²) in [5, 5.41) is 13.1. The van der Waals surface area contributed by atoms with Crippen LogP contribution in [0.25, 0.3) is 0 Å². The monoisotopic (exact) mass is 277 g/mol. The van der Waals surface area contributed by atoms with Gasteiger partial charge in [-0.1, -0.05) is 23.4 Å². The number of rotatable bonds is 7. The molecule has 0 spiro atoms. The SMILES string of the molecule is COc1ccccc1CN(CCO)Cc1noc(C)n1. The lowest BCUT2D eigenvalue weighted by Gasteiger charge is -2.20. The average Bonchev–Trinajstić information content (AvgIpc) is 2.85. The molecule has 1 aromatic heterocycles. The Morgan fingerprint density at radius 3 is 2.75 bits per heavy atom. The molecule has 0 amide bonds. The highest BCUT2D eigenvalue weighted by molar-refractivity contribution is 5.33. The van der Waals surface area contributed by atoms with Crippen molar-refractivity contribution in [3.8, 4) is 5.75 Å². The maximum atomic E-state index is 9.19. The molecule has 0 atom stereocenters. The van der Waals surface area contributed by atoms with E-state index in [-0.39, 0.29) is 6.61 Å². The summed E-state index contributed by atoms with van der Waals surface area (Å²) in [5.74, 6) is 1.99. The topological polar surface area (TPSA) is 71.6 Å². The van der Waals surface area contributed by atoms with Crippen LogP contribution < -0.4 is 4.74 Å². The van der Waals surface area contributed by atoms with E-state index < -0.39 is 0 Å². The van der Waals surface area contributed by atoms with E-state index in [0.717, 1.165) is 11.3 Å². The predicted molar refractivity (Wildman–Crippen MR) is 73.2 cm³/mol. The second kappa shape index (κ2) is 7.02. The van der Waals surface area contributed by atoms with Crippen molar-refractivity contribution < 1.29 is 14.4 Å². The molecule has 0 saturated carbocycles. The van der Waals surface area contributed by atoms with Crippen LogP contribution in [-0.2, 0) is 13.1 Å². The van der Waals surface area contributed by atoms with Crippen molar-refractivity contribution in [2.24, 2.45) is 0 Å². The van der Waals surface area contributed by atoms with Gasteiger partial charge in [0.1, 0.15) is 5.75 Å². The Balaban J connectivity index is 2.08. The molecule has 2 aromatic rings. The number of aryl methyl sites for hydroxylation is 1. The molecule has 0 bridgehead atoms. The van der Waals surface area contributed by atoms with E-state index in [1.807, 2.05) is 29.2 Å². The van der Waals surface area contributed by atoms with Gasteiger partial charge in [-0.2, -0.15) is 4.98 Å². The van der Waals surface area contributed by atoms with E-state index >= 15 is 0 Å². The minimum absolute atomic E-state index is 0.0754. The van der Waals surface area contributed by atoms with Crippen molar-refractivity contribution in [3.63, 3.8) is 0 Å². The highest BCUT2D eigenvalue weighted by atomic mass is 16.5. The van der Waals surface area contributed by atoms with Crippen LogP contribution in [-0.4, -0.2) is 40.4 Å². The first kappa shape index (κ1) is 14.5. The van der Waals surface area contributed by atoms with Gasteiger partial charge in [0.2, 0.25) is 5.89 Å². The lowest BCUT2D eigenvalue weighted by Crippen LogP contribution is -2.26. The normalized spacial score (nSPS) is 11.0. The molecule has 0 aliphatic heterocycles. The third-order valence-electron chi connectivity index (χ3n) is 2.94. The molecule has 0 aliphatic rings. The molecule has 20 heavy (non-hydrogen) atoms. The summed E-state index contributed by atoms with van der Waals surface area (Å²) in [7, 11) is 1.65. The zero-order chi connectivity index (χ0) is 14.4. The molecule has 0 unspecified atom stereocenters. The summed E-state index contributed by atoms with van der Waals surface area (Å²) in [6.45, 7) is 3.54. The summed E-state index contributed by atoms with van der Waals surface area (Å²) in [5.41, 5.74) is 1.06. The molecule has 108 valence electrons. The van der Waals surface area contributed by atoms with Crippen molar-refractivity contribution in [2.45, 2.75) is 20.0 Å². The fraction of sp³-hybridized carbons (Fsp3) is 0.429. The van der Waals surface area contributed by atoms with Gasteiger partial charge in [0.25, 0.3) is 0 Å². The molecule has 0 fully saturated rings. The van der Waals surface area contributed by atoms with Crippen LogP contribution in [0.5, 0.6) is 5.75 Å². The van der Waals surface area contributed by atoms with Gasteiger partial charge >= 0.3 is 0 Å². The van der Waals surface area contributed by atoms with Gasteiger partial charge in [-0.3, -0.25) is 4.90 Å². The van der Waals surface area contributed by atoms with E-state index in [1.165, 1.54) is 0 Å². The van der Waals surface area contributed by atoms with Crippen LogP contribution >= 0.6 is 0 Å². The molecule has 2 rings (SSSR count). The lowest BCUT2D eigenvalue weighted by molar-refractivity contribution is 0.178. The Hall–Kier alpha value is -1.92. The van der Waals surface area contributed by atoms with Gasteiger partial charge in [0.15, 0.2) is 5.82 Å². The van der Waals surface area contributed by atoms with Crippen LogP contribution in [0.4, 0.5) is 0 Å². The van der Waals surface area contributed by atoms with E-state index in [9.17, 15) is 5.11 Å². The minimum atomic E-state index is 0.0754. The van der Waals surface area contributed by atoms with Crippen molar-refractivity contribution in [1.29, 1.82) is 0 Å². The van der Waals surface area contributed by atoms with Crippen molar-refractivity contribution >= 4 is 0 Å². The summed E-state index contributed by atoms with van der Waals surface area (Å²) < 4.78 is 10.3. The van der Waals surface area contributed by atoms with Gasteiger partial charge in [0.05, 0.1) is 20.3 Å². The number of aliphatic hydroxyl groups is 1. The highest BCUT2D eigenvalue weighted by Gasteiger charge is 2.12. The Kier molecular flexibility index (Phi) is 5.09. The number of para-hydroxylation sites is 1. The zero-order valence-corrected chi connectivity index (χ0v) is 11.7. The molecule has 6 nitrogen and oxygen atoms in total. The molecule has 0 radical (unpaired) electrons. The first-order valence-electron chi connectivity index (χ1n) is 6.47. The van der Waals surface area contributed by atoms with Gasteiger partial charge < -0.3 is 14.4 Å². The third-order valence-corrected chi connectivity index (χ3v) is 2.94. The molecule has 1 heterocycles. The summed E-state index contributed by atoms with van der Waals surface area (Å²) in [6, 6.07) is 7.82. The maximum absolute atomic E-state index is 9.19. The van der Waals surface area contributed by atoms with E-state index in [0.29, 0.717) is 31.3 Å². The average molecular weight is 277 g/mol. The minimum Gasteiger partial charge on any atom is -0.496 e. The zero-order valence-electron chi connectivity index (χ0n) is 11.7. The number of benzene rings is 1. The van der Waals surface area contributed by atoms with Crippen molar-refractivity contribution in [1.82, 2.24) is 15.0 Å². The van der Waals surface area contributed by atoms with E-state index in [2.05, 4.69) is 10.1 Å². The maximum Gasteiger partial charge on any atom is 0.223 e. The Morgan fingerprint density at radius 2 is 2.10 bits per heavy atom. The molecular weight excluding hydrogens is 258 g/mol. The summed E-state index contributed by atoms with van der Waals surface area (Å²) in [4.78, 5) is 6.23.